The maximum absolute atomic E-state index is 13.1. The lowest BCUT2D eigenvalue weighted by Gasteiger charge is -2.18. The Balaban J connectivity index is 1.99. The third-order valence-electron chi connectivity index (χ3n) is 2.71. The molecule has 0 bridgehead atoms. The zero-order valence-electron chi connectivity index (χ0n) is 12.0. The highest BCUT2D eigenvalue weighted by Crippen LogP contribution is 2.06. The Hall–Kier alpha value is -2.28. The lowest BCUT2D eigenvalue weighted by Crippen LogP contribution is -2.45. The average molecular weight is 291 g/mol. The Kier molecular flexibility index (Phi) is 4.32. The molecule has 1 aromatic carbocycles. The summed E-state index contributed by atoms with van der Waals surface area (Å²) in [7, 11) is 0. The van der Waals surface area contributed by atoms with Crippen molar-refractivity contribution >= 4 is 5.91 Å². The van der Waals surface area contributed by atoms with Gasteiger partial charge in [-0.3, -0.25) is 4.79 Å². The number of aromatic nitrogens is 3. The first kappa shape index (κ1) is 15.1. The van der Waals surface area contributed by atoms with Crippen molar-refractivity contribution in [1.29, 1.82) is 0 Å². The third kappa shape index (κ3) is 4.64. The van der Waals surface area contributed by atoms with Gasteiger partial charge in [-0.2, -0.15) is 0 Å². The number of hydrogen-bond donors (Lipinski definition) is 2. The normalized spacial score (nSPS) is 11.4. The minimum absolute atomic E-state index is 0.204. The van der Waals surface area contributed by atoms with Crippen LogP contribution >= 0.6 is 0 Å². The summed E-state index contributed by atoms with van der Waals surface area (Å²) >= 11 is 0. The molecule has 0 aliphatic carbocycles. The van der Waals surface area contributed by atoms with E-state index in [-0.39, 0.29) is 17.4 Å². The number of nitrogens with zero attached hydrogens (tertiary/aromatic N) is 3. The van der Waals surface area contributed by atoms with Gasteiger partial charge in [-0.1, -0.05) is 17.3 Å². The van der Waals surface area contributed by atoms with E-state index < -0.39 is 5.54 Å². The summed E-state index contributed by atoms with van der Waals surface area (Å²) in [5.74, 6) is -0.644. The molecule has 0 aliphatic heterocycles. The molecule has 0 atom stereocenters. The van der Waals surface area contributed by atoms with Crippen LogP contribution in [0.4, 0.5) is 4.39 Å². The van der Waals surface area contributed by atoms with E-state index in [1.807, 2.05) is 13.8 Å². The molecule has 2 aromatic rings. The molecule has 0 fully saturated rings. The minimum Gasteiger partial charge on any atom is -0.349 e. The quantitative estimate of drug-likeness (QED) is 0.858. The van der Waals surface area contributed by atoms with Crippen molar-refractivity contribution in [3.8, 4) is 0 Å². The van der Waals surface area contributed by atoms with Gasteiger partial charge in [-0.15, -0.1) is 5.10 Å². The fraction of sp³-hybridized carbons (Fsp3) is 0.357. The molecule has 0 saturated carbocycles. The van der Waals surface area contributed by atoms with E-state index >= 15 is 0 Å². The van der Waals surface area contributed by atoms with Crippen LogP contribution in [0.15, 0.2) is 30.5 Å². The van der Waals surface area contributed by atoms with Gasteiger partial charge >= 0.3 is 0 Å². The van der Waals surface area contributed by atoms with Gasteiger partial charge in [0.2, 0.25) is 0 Å². The largest absolute Gasteiger partial charge is 0.349 e. The van der Waals surface area contributed by atoms with Crippen LogP contribution in [0.25, 0.3) is 0 Å². The van der Waals surface area contributed by atoms with Crippen LogP contribution in [0, 0.1) is 5.82 Å². The Morgan fingerprint density at radius 1 is 1.48 bits per heavy atom. The summed E-state index contributed by atoms with van der Waals surface area (Å²) < 4.78 is 14.6. The topological polar surface area (TPSA) is 85.8 Å². The lowest BCUT2D eigenvalue weighted by molar-refractivity contribution is 0.0941. The van der Waals surface area contributed by atoms with Crippen molar-refractivity contribution in [2.24, 2.45) is 5.73 Å². The molecule has 3 N–H and O–H groups in total. The molecule has 0 unspecified atom stereocenters. The van der Waals surface area contributed by atoms with E-state index in [0.717, 1.165) is 5.56 Å². The zero-order chi connectivity index (χ0) is 15.5. The SMILES string of the molecule is CC(C)(N)CNC(=O)c1cn(Cc2cccc(F)c2)nn1. The molecular weight excluding hydrogens is 273 g/mol. The van der Waals surface area contributed by atoms with Gasteiger partial charge < -0.3 is 11.1 Å². The average Bonchev–Trinajstić information content (AvgIpc) is 2.83. The van der Waals surface area contributed by atoms with Crippen molar-refractivity contribution in [3.05, 3.63) is 47.5 Å². The van der Waals surface area contributed by atoms with Gasteiger partial charge in [0.25, 0.3) is 5.91 Å². The number of carbonyl (C=O) groups excluding carboxylic acids is 1. The molecule has 1 heterocycles. The summed E-state index contributed by atoms with van der Waals surface area (Å²) in [6, 6.07) is 6.19. The molecule has 1 aromatic heterocycles. The number of nitrogens with one attached hydrogen (secondary N) is 1. The monoisotopic (exact) mass is 291 g/mol. The van der Waals surface area contributed by atoms with Gasteiger partial charge in [-0.25, -0.2) is 9.07 Å². The fourth-order valence-electron chi connectivity index (χ4n) is 1.70. The van der Waals surface area contributed by atoms with E-state index in [1.165, 1.54) is 23.0 Å². The van der Waals surface area contributed by atoms with Crippen LogP contribution in [0.5, 0.6) is 0 Å². The first-order valence-corrected chi connectivity index (χ1v) is 6.55. The highest BCUT2D eigenvalue weighted by Gasteiger charge is 2.15. The number of hydrogen-bond acceptors (Lipinski definition) is 4. The van der Waals surface area contributed by atoms with E-state index in [4.69, 9.17) is 5.73 Å². The van der Waals surface area contributed by atoms with Gasteiger partial charge in [0.1, 0.15) is 5.82 Å². The van der Waals surface area contributed by atoms with E-state index in [1.54, 1.807) is 12.1 Å². The second-order valence-electron chi connectivity index (χ2n) is 5.60. The smallest absolute Gasteiger partial charge is 0.273 e. The predicted octanol–water partition coefficient (Wildman–Crippen LogP) is 0.933. The minimum atomic E-state index is -0.493. The molecule has 0 saturated heterocycles. The van der Waals surface area contributed by atoms with Crippen LogP contribution in [0.3, 0.4) is 0 Å². The maximum Gasteiger partial charge on any atom is 0.273 e. The molecule has 0 aliphatic rings. The number of amides is 1. The Morgan fingerprint density at radius 2 is 2.24 bits per heavy atom. The van der Waals surface area contributed by atoms with Crippen molar-refractivity contribution in [1.82, 2.24) is 20.3 Å². The van der Waals surface area contributed by atoms with E-state index in [9.17, 15) is 9.18 Å². The van der Waals surface area contributed by atoms with Crippen LogP contribution < -0.4 is 11.1 Å². The van der Waals surface area contributed by atoms with Crippen LogP contribution in [0.1, 0.15) is 29.9 Å². The number of rotatable bonds is 5. The standard InChI is InChI=1S/C14H18FN5O/c1-14(2,16)9-17-13(21)12-8-20(19-18-12)7-10-4-3-5-11(15)6-10/h3-6,8H,7,9,16H2,1-2H3,(H,17,21). The number of carbonyl (C=O) groups is 1. The highest BCUT2D eigenvalue weighted by atomic mass is 19.1. The second-order valence-corrected chi connectivity index (χ2v) is 5.60. The number of nitrogens with two attached hydrogens (primary N) is 1. The summed E-state index contributed by atoms with van der Waals surface area (Å²) in [4.78, 5) is 11.9. The second kappa shape index (κ2) is 6.01. The van der Waals surface area contributed by atoms with Crippen molar-refractivity contribution in [3.63, 3.8) is 0 Å². The summed E-state index contributed by atoms with van der Waals surface area (Å²) in [5, 5.41) is 10.3. The molecule has 7 heteroatoms. The molecule has 0 spiro atoms. The molecule has 21 heavy (non-hydrogen) atoms. The molecule has 0 radical (unpaired) electrons. The maximum atomic E-state index is 13.1. The molecule has 112 valence electrons. The van der Waals surface area contributed by atoms with Gasteiger partial charge in [-0.05, 0) is 31.5 Å². The first-order chi connectivity index (χ1) is 9.83. The van der Waals surface area contributed by atoms with Crippen LogP contribution in [0.2, 0.25) is 0 Å². The first-order valence-electron chi connectivity index (χ1n) is 6.55. The Labute approximate surface area is 122 Å². The Bertz CT molecular complexity index is 632. The summed E-state index contributed by atoms with van der Waals surface area (Å²) in [6.07, 6.45) is 1.52. The van der Waals surface area contributed by atoms with Gasteiger partial charge in [0.15, 0.2) is 5.69 Å². The number of benzene rings is 1. The van der Waals surface area contributed by atoms with Crippen molar-refractivity contribution in [2.75, 3.05) is 6.54 Å². The number of halogens is 1. The lowest BCUT2D eigenvalue weighted by atomic mass is 10.1. The Morgan fingerprint density at radius 3 is 2.90 bits per heavy atom. The molecule has 6 nitrogen and oxygen atoms in total. The van der Waals surface area contributed by atoms with Crippen molar-refractivity contribution < 1.29 is 9.18 Å². The summed E-state index contributed by atoms with van der Waals surface area (Å²) in [5.41, 5.74) is 6.25. The summed E-state index contributed by atoms with van der Waals surface area (Å²) in [6.45, 7) is 4.31. The van der Waals surface area contributed by atoms with Crippen LogP contribution in [-0.4, -0.2) is 33.0 Å². The van der Waals surface area contributed by atoms with E-state index in [0.29, 0.717) is 13.1 Å². The third-order valence-corrected chi connectivity index (χ3v) is 2.71. The van der Waals surface area contributed by atoms with Crippen molar-refractivity contribution in [2.45, 2.75) is 25.9 Å². The fourth-order valence-corrected chi connectivity index (χ4v) is 1.70. The van der Waals surface area contributed by atoms with Gasteiger partial charge in [0, 0.05) is 12.1 Å². The van der Waals surface area contributed by atoms with E-state index in [2.05, 4.69) is 15.6 Å². The molecule has 1 amide bonds. The highest BCUT2D eigenvalue weighted by molar-refractivity contribution is 5.91. The van der Waals surface area contributed by atoms with Gasteiger partial charge in [0.05, 0.1) is 12.7 Å². The predicted molar refractivity (Wildman–Crippen MR) is 76.1 cm³/mol. The molecular formula is C14H18FN5O. The zero-order valence-corrected chi connectivity index (χ0v) is 12.0. The molecule has 2 rings (SSSR count). The van der Waals surface area contributed by atoms with Crippen LogP contribution in [-0.2, 0) is 6.54 Å².